The van der Waals surface area contributed by atoms with Crippen LogP contribution in [0.1, 0.15) is 36.1 Å². The van der Waals surface area contributed by atoms with Crippen molar-refractivity contribution in [3.8, 4) is 0 Å². The summed E-state index contributed by atoms with van der Waals surface area (Å²) in [5.74, 6) is 0. The molecule has 0 bridgehead atoms. The van der Waals surface area contributed by atoms with Gasteiger partial charge in [0.15, 0.2) is 0 Å². The molecule has 1 heterocycles. The van der Waals surface area contributed by atoms with E-state index >= 15 is 0 Å². The third-order valence-corrected chi connectivity index (χ3v) is 2.99. The second-order valence-electron chi connectivity index (χ2n) is 4.20. The maximum atomic E-state index is 3.19. The Morgan fingerprint density at radius 3 is 2.41 bits per heavy atom. The summed E-state index contributed by atoms with van der Waals surface area (Å²) < 4.78 is 2.03. The molecule has 1 nitrogen and oxygen atoms in total. The maximum Gasteiger partial charge on any atom is 2.00 e. The number of hydrogen-bond donors (Lipinski definition) is 0. The van der Waals surface area contributed by atoms with E-state index in [1.807, 2.05) is 17.7 Å². The van der Waals surface area contributed by atoms with Crippen molar-refractivity contribution in [3.05, 3.63) is 47.3 Å². The van der Waals surface area contributed by atoms with E-state index in [-0.39, 0.29) is 19.5 Å². The van der Waals surface area contributed by atoms with Gasteiger partial charge < -0.3 is 4.57 Å². The van der Waals surface area contributed by atoms with E-state index in [0.717, 1.165) is 6.42 Å². The molecule has 0 aromatic carbocycles. The van der Waals surface area contributed by atoms with Crippen LogP contribution < -0.4 is 0 Å². The summed E-state index contributed by atoms with van der Waals surface area (Å²) in [4.78, 5) is 0. The van der Waals surface area contributed by atoms with Gasteiger partial charge in [0, 0.05) is 0 Å². The number of allylic oxidation sites excluding steroid dienone is 4. The average molecular weight is 316 g/mol. The normalized spacial score (nSPS) is 13.4. The van der Waals surface area contributed by atoms with Crippen LogP contribution >= 0.6 is 0 Å². The van der Waals surface area contributed by atoms with Gasteiger partial charge >= 0.3 is 19.5 Å². The molecule has 0 spiro atoms. The van der Waals surface area contributed by atoms with E-state index in [9.17, 15) is 0 Å². The summed E-state index contributed by atoms with van der Waals surface area (Å²) >= 11 is 0. The summed E-state index contributed by atoms with van der Waals surface area (Å²) in [5.41, 5.74) is 3.93. The molecule has 0 saturated heterocycles. The minimum Gasteiger partial charge on any atom is -0.470 e. The van der Waals surface area contributed by atoms with E-state index < -0.39 is 0 Å². The van der Waals surface area contributed by atoms with Crippen LogP contribution in [0.2, 0.25) is 0 Å². The molecule has 0 amide bonds. The van der Waals surface area contributed by atoms with E-state index in [4.69, 9.17) is 0 Å². The Labute approximate surface area is 118 Å². The van der Waals surface area contributed by atoms with Gasteiger partial charge in [0.1, 0.15) is 0 Å². The van der Waals surface area contributed by atoms with E-state index in [2.05, 4.69) is 45.2 Å². The summed E-state index contributed by atoms with van der Waals surface area (Å²) in [6, 6.07) is 0. The van der Waals surface area contributed by atoms with Crippen molar-refractivity contribution < 1.29 is 19.5 Å². The minimum absolute atomic E-state index is 0. The largest absolute Gasteiger partial charge is 2.00 e. The zero-order valence-corrected chi connectivity index (χ0v) is 12.9. The number of aromatic nitrogens is 1. The zero-order chi connectivity index (χ0) is 12.0. The van der Waals surface area contributed by atoms with Crippen molar-refractivity contribution in [2.24, 2.45) is 7.05 Å². The number of nitrogens with zero attached hydrogens (tertiary/aromatic N) is 1. The van der Waals surface area contributed by atoms with Gasteiger partial charge in [-0.05, 0) is 7.05 Å². The molecule has 0 unspecified atom stereocenters. The molecule has 0 fully saturated rings. The molecule has 0 radical (unpaired) electrons. The van der Waals surface area contributed by atoms with Gasteiger partial charge in [0.05, 0.1) is 0 Å². The SMILES string of the molecule is Cc1[c-]n(C)c(C)c1C.[C-]1=CC=CCCC1.[Ru+2]. The molecular formula is C15H21NRu. The molecule has 0 aliphatic heterocycles. The Kier molecular flexibility index (Phi) is 8.16. The summed E-state index contributed by atoms with van der Waals surface area (Å²) in [5, 5.41) is 0. The first-order valence-electron chi connectivity index (χ1n) is 5.86. The third-order valence-electron chi connectivity index (χ3n) is 2.99. The fourth-order valence-electron chi connectivity index (χ4n) is 1.58. The molecule has 17 heavy (non-hydrogen) atoms. The Balaban J connectivity index is 0.000000292. The third kappa shape index (κ3) is 5.50. The smallest absolute Gasteiger partial charge is 0.470 e. The molecule has 1 aliphatic rings. The van der Waals surface area contributed by atoms with Crippen LogP contribution in [-0.2, 0) is 26.5 Å². The van der Waals surface area contributed by atoms with Gasteiger partial charge in [-0.25, -0.2) is 12.2 Å². The van der Waals surface area contributed by atoms with Crippen molar-refractivity contribution in [2.75, 3.05) is 0 Å². The fourth-order valence-corrected chi connectivity index (χ4v) is 1.58. The van der Waals surface area contributed by atoms with E-state index in [0.29, 0.717) is 0 Å². The van der Waals surface area contributed by atoms with Gasteiger partial charge in [-0.1, -0.05) is 33.6 Å². The number of aryl methyl sites for hydroxylation is 2. The topological polar surface area (TPSA) is 4.93 Å². The molecule has 2 rings (SSSR count). The zero-order valence-electron chi connectivity index (χ0n) is 11.2. The van der Waals surface area contributed by atoms with Crippen LogP contribution in [0.3, 0.4) is 0 Å². The van der Waals surface area contributed by atoms with Crippen LogP contribution in [0.5, 0.6) is 0 Å². The first-order chi connectivity index (χ1) is 7.63. The molecule has 1 aliphatic carbocycles. The molecule has 0 N–H and O–H groups in total. The first kappa shape index (κ1) is 16.4. The quantitative estimate of drug-likeness (QED) is 0.506. The maximum absolute atomic E-state index is 3.19. The van der Waals surface area contributed by atoms with Crippen LogP contribution in [0.4, 0.5) is 0 Å². The number of rotatable bonds is 0. The van der Waals surface area contributed by atoms with E-state index in [1.54, 1.807) is 0 Å². The molecule has 2 heteroatoms. The first-order valence-corrected chi connectivity index (χ1v) is 5.86. The Morgan fingerprint density at radius 1 is 1.24 bits per heavy atom. The summed E-state index contributed by atoms with van der Waals surface area (Å²) in [6.07, 6.45) is 16.2. The van der Waals surface area contributed by atoms with Crippen LogP contribution in [0, 0.1) is 33.0 Å². The van der Waals surface area contributed by atoms with Crippen molar-refractivity contribution in [1.82, 2.24) is 4.57 Å². The monoisotopic (exact) mass is 317 g/mol. The van der Waals surface area contributed by atoms with Crippen molar-refractivity contribution in [3.63, 3.8) is 0 Å². The number of hydrogen-bond acceptors (Lipinski definition) is 0. The molecular weight excluding hydrogens is 295 g/mol. The standard InChI is InChI=1S/C8H12N.C7H9.Ru/c1-6-5-9(4)8(3)7(6)2;1-2-4-6-7-5-3-1;/h1-4H3;1-3H,4,6-7H2;/q2*-1;+2. The van der Waals surface area contributed by atoms with Crippen molar-refractivity contribution >= 4 is 0 Å². The predicted molar refractivity (Wildman–Crippen MR) is 69.3 cm³/mol. The van der Waals surface area contributed by atoms with Crippen molar-refractivity contribution in [2.45, 2.75) is 40.0 Å². The summed E-state index contributed by atoms with van der Waals surface area (Å²) in [6.45, 7) is 6.32. The summed E-state index contributed by atoms with van der Waals surface area (Å²) in [7, 11) is 2.02. The van der Waals surface area contributed by atoms with Gasteiger partial charge in [-0.15, -0.1) is 18.3 Å². The van der Waals surface area contributed by atoms with Gasteiger partial charge in [0.25, 0.3) is 0 Å². The van der Waals surface area contributed by atoms with Gasteiger partial charge in [-0.3, -0.25) is 6.08 Å². The molecule has 1 aromatic rings. The Bertz CT molecular complexity index is 351. The van der Waals surface area contributed by atoms with E-state index in [1.165, 1.54) is 29.7 Å². The molecule has 0 atom stereocenters. The molecule has 94 valence electrons. The second-order valence-corrected chi connectivity index (χ2v) is 4.20. The van der Waals surface area contributed by atoms with Crippen LogP contribution in [0.15, 0.2) is 18.2 Å². The van der Waals surface area contributed by atoms with Gasteiger partial charge in [0.2, 0.25) is 0 Å². The molecule has 0 saturated carbocycles. The fraction of sp³-hybridized carbons (Fsp3) is 0.467. The van der Waals surface area contributed by atoms with Crippen LogP contribution in [0.25, 0.3) is 0 Å². The molecule has 1 aromatic heterocycles. The predicted octanol–water partition coefficient (Wildman–Crippen LogP) is 3.83. The Morgan fingerprint density at radius 2 is 1.94 bits per heavy atom. The van der Waals surface area contributed by atoms with Crippen LogP contribution in [-0.4, -0.2) is 4.57 Å². The Hall–Kier alpha value is -0.617. The van der Waals surface area contributed by atoms with Crippen molar-refractivity contribution in [1.29, 1.82) is 0 Å². The average Bonchev–Trinajstić information content (AvgIpc) is 2.58. The van der Waals surface area contributed by atoms with Gasteiger partial charge in [-0.2, -0.15) is 17.2 Å². The second kappa shape index (κ2) is 8.47. The minimum atomic E-state index is 0.